The minimum absolute atomic E-state index is 0.206. The van der Waals surface area contributed by atoms with Gasteiger partial charge in [0, 0.05) is 0 Å². The van der Waals surface area contributed by atoms with Gasteiger partial charge in [0.25, 0.3) is 0 Å². The molecule has 0 aromatic heterocycles. The van der Waals surface area contributed by atoms with Gasteiger partial charge in [0.2, 0.25) is 0 Å². The van der Waals surface area contributed by atoms with Crippen molar-refractivity contribution in [2.45, 2.75) is 84.1 Å². The number of hydrogen-bond acceptors (Lipinski definition) is 1. The van der Waals surface area contributed by atoms with Gasteiger partial charge in [0.15, 0.2) is 0 Å². The van der Waals surface area contributed by atoms with E-state index in [4.69, 9.17) is 0 Å². The molecule has 1 aliphatic carbocycles. The normalized spacial score (nSPS) is 16.9. The molecule has 0 heterocycles. The molecule has 0 aliphatic heterocycles. The summed E-state index contributed by atoms with van der Waals surface area (Å²) >= 11 is 0.431. The second-order valence-electron chi connectivity index (χ2n) is 6.47. The Morgan fingerprint density at radius 2 is 1.68 bits per heavy atom. The number of hydrogen-bond donors (Lipinski definition) is 0. The third-order valence-corrected chi connectivity index (χ3v) is 6.29. The van der Waals surface area contributed by atoms with E-state index in [1.165, 1.54) is 42.2 Å². The molecule has 0 aromatic carbocycles. The second-order valence-corrected chi connectivity index (χ2v) is 8.85. The van der Waals surface area contributed by atoms with E-state index in [0.717, 1.165) is 5.92 Å². The Balaban J connectivity index is 2.43. The van der Waals surface area contributed by atoms with Crippen molar-refractivity contribution < 1.29 is 4.79 Å². The van der Waals surface area contributed by atoms with E-state index >= 15 is 0 Å². The summed E-state index contributed by atoms with van der Waals surface area (Å²) in [6.07, 6.45) is 12.8. The average Bonchev–Trinajstić information content (AvgIpc) is 2.90. The SMILES string of the molecule is CCCCCCC[Se][C]1[CH][CH][CH][C]1C(=O)N(C(C)C)C(C)C. The van der Waals surface area contributed by atoms with Gasteiger partial charge < -0.3 is 0 Å². The first kappa shape index (κ1) is 20.0. The number of amides is 1. The molecule has 0 saturated heterocycles. The fraction of sp³-hybridized carbons (Fsp3) is 0.684. The quantitative estimate of drug-likeness (QED) is 0.411. The summed E-state index contributed by atoms with van der Waals surface area (Å²) in [5, 5.41) is 1.25. The molecule has 1 amide bonds. The molecule has 22 heavy (non-hydrogen) atoms. The zero-order valence-corrected chi connectivity index (χ0v) is 16.6. The van der Waals surface area contributed by atoms with Crippen molar-refractivity contribution in [3.8, 4) is 0 Å². The first-order valence-electron chi connectivity index (χ1n) is 8.70. The summed E-state index contributed by atoms with van der Waals surface area (Å²) in [6.45, 7) is 10.6. The van der Waals surface area contributed by atoms with Crippen LogP contribution in [0.25, 0.3) is 0 Å². The van der Waals surface area contributed by atoms with Crippen molar-refractivity contribution in [2.75, 3.05) is 0 Å². The zero-order valence-electron chi connectivity index (χ0n) is 14.9. The number of nitrogens with zero attached hydrogens (tertiary/aromatic N) is 1. The fourth-order valence-corrected chi connectivity index (χ4v) is 5.01. The Kier molecular flexibility index (Phi) is 9.75. The molecule has 2 nitrogen and oxygen atoms in total. The Hall–Kier alpha value is -0.0105. The molecule has 0 spiro atoms. The Bertz CT molecular complexity index is 309. The maximum absolute atomic E-state index is 12.8. The predicted octanol–water partition coefficient (Wildman–Crippen LogP) is 4.46. The predicted molar refractivity (Wildman–Crippen MR) is 95.8 cm³/mol. The van der Waals surface area contributed by atoms with Crippen LogP contribution in [0.2, 0.25) is 5.32 Å². The van der Waals surface area contributed by atoms with Gasteiger partial charge in [-0.15, -0.1) is 0 Å². The van der Waals surface area contributed by atoms with Crippen LogP contribution in [0.5, 0.6) is 0 Å². The molecule has 0 atom stereocenters. The number of carbonyl (C=O) groups is 1. The number of rotatable bonds is 10. The van der Waals surface area contributed by atoms with Crippen LogP contribution in [0.3, 0.4) is 0 Å². The molecule has 1 fully saturated rings. The third-order valence-electron chi connectivity index (χ3n) is 3.86. The van der Waals surface area contributed by atoms with Gasteiger partial charge in [0.05, 0.1) is 0 Å². The van der Waals surface area contributed by atoms with Gasteiger partial charge in [-0.3, -0.25) is 0 Å². The minimum atomic E-state index is 0.206. The molecule has 0 aromatic rings. The number of unbranched alkanes of at least 4 members (excludes halogenated alkanes) is 4. The van der Waals surface area contributed by atoms with Crippen molar-refractivity contribution in [1.29, 1.82) is 0 Å². The van der Waals surface area contributed by atoms with Crippen LogP contribution in [-0.2, 0) is 4.79 Å². The molecule has 3 heteroatoms. The van der Waals surface area contributed by atoms with E-state index in [1.54, 1.807) is 0 Å². The zero-order chi connectivity index (χ0) is 16.5. The van der Waals surface area contributed by atoms with E-state index in [2.05, 4.69) is 41.0 Å². The Morgan fingerprint density at radius 1 is 1.05 bits per heavy atom. The van der Waals surface area contributed by atoms with Crippen LogP contribution in [0, 0.1) is 30.0 Å². The summed E-state index contributed by atoms with van der Waals surface area (Å²) in [6, 6.07) is 0.494. The van der Waals surface area contributed by atoms with Crippen LogP contribution in [-0.4, -0.2) is 37.8 Å². The van der Waals surface area contributed by atoms with Crippen molar-refractivity contribution >= 4 is 20.9 Å². The molecule has 0 N–H and O–H groups in total. The van der Waals surface area contributed by atoms with Crippen LogP contribution in [0.4, 0.5) is 0 Å². The summed E-state index contributed by atoms with van der Waals surface area (Å²) in [7, 11) is 0. The van der Waals surface area contributed by atoms with Gasteiger partial charge in [-0.25, -0.2) is 0 Å². The van der Waals surface area contributed by atoms with Crippen molar-refractivity contribution in [3.63, 3.8) is 0 Å². The van der Waals surface area contributed by atoms with Gasteiger partial charge >= 0.3 is 145 Å². The third kappa shape index (κ3) is 6.24. The summed E-state index contributed by atoms with van der Waals surface area (Å²) in [5.41, 5.74) is 0. The summed E-state index contributed by atoms with van der Waals surface area (Å²) in [4.78, 5) is 16.1. The van der Waals surface area contributed by atoms with E-state index in [9.17, 15) is 4.79 Å². The van der Waals surface area contributed by atoms with Crippen molar-refractivity contribution in [1.82, 2.24) is 4.90 Å². The van der Waals surface area contributed by atoms with Crippen molar-refractivity contribution in [3.05, 3.63) is 30.0 Å². The average molecular weight is 369 g/mol. The van der Waals surface area contributed by atoms with Crippen LogP contribution >= 0.6 is 0 Å². The Morgan fingerprint density at radius 3 is 2.27 bits per heavy atom. The molecule has 125 valence electrons. The first-order valence-corrected chi connectivity index (χ1v) is 10.8. The topological polar surface area (TPSA) is 20.3 Å². The van der Waals surface area contributed by atoms with Crippen molar-refractivity contribution in [2.24, 2.45) is 0 Å². The molecule has 5 radical (unpaired) electrons. The van der Waals surface area contributed by atoms with Crippen LogP contribution in [0.15, 0.2) is 0 Å². The molecule has 0 unspecified atom stereocenters. The van der Waals surface area contributed by atoms with Crippen LogP contribution in [0.1, 0.15) is 66.7 Å². The fourth-order valence-electron chi connectivity index (χ4n) is 2.80. The first-order chi connectivity index (χ1) is 10.5. The maximum atomic E-state index is 12.8. The molecular formula is C19H32NOSe. The number of carbonyl (C=O) groups excluding carboxylic acids is 1. The molecule has 1 rings (SSSR count). The van der Waals surface area contributed by atoms with E-state index in [-0.39, 0.29) is 18.0 Å². The molecule has 1 aliphatic rings. The Labute approximate surface area is 145 Å². The summed E-state index contributed by atoms with van der Waals surface area (Å²) < 4.78 is 0. The van der Waals surface area contributed by atoms with E-state index in [1.807, 2.05) is 17.7 Å². The monoisotopic (exact) mass is 370 g/mol. The molecule has 1 saturated carbocycles. The summed E-state index contributed by atoms with van der Waals surface area (Å²) in [5.74, 6) is 1.15. The second kappa shape index (κ2) is 10.7. The van der Waals surface area contributed by atoms with Crippen LogP contribution < -0.4 is 0 Å². The van der Waals surface area contributed by atoms with Gasteiger partial charge in [-0.2, -0.15) is 0 Å². The molecular weight excluding hydrogens is 337 g/mol. The van der Waals surface area contributed by atoms with Gasteiger partial charge in [0.1, 0.15) is 0 Å². The standard InChI is InChI=1S/C19H32NOSe/c1-6-7-8-9-10-14-22-18-13-11-12-17(18)19(21)20(15(2)3)16(4)5/h11-13,15-16H,6-10,14H2,1-5H3. The van der Waals surface area contributed by atoms with E-state index < -0.39 is 0 Å². The molecule has 0 bridgehead atoms. The van der Waals surface area contributed by atoms with E-state index in [0.29, 0.717) is 15.0 Å². The van der Waals surface area contributed by atoms with Gasteiger partial charge in [-0.05, 0) is 0 Å². The van der Waals surface area contributed by atoms with Gasteiger partial charge in [-0.1, -0.05) is 0 Å².